The van der Waals surface area contributed by atoms with Crippen LogP contribution in [0.1, 0.15) is 21.5 Å². The lowest BCUT2D eigenvalue weighted by Crippen LogP contribution is -2.03. The van der Waals surface area contributed by atoms with E-state index in [-0.39, 0.29) is 17.9 Å². The fourth-order valence-electron chi connectivity index (χ4n) is 2.12. The lowest BCUT2D eigenvalue weighted by atomic mass is 9.99. The lowest BCUT2D eigenvalue weighted by Gasteiger charge is -2.16. The summed E-state index contributed by atoms with van der Waals surface area (Å²) in [4.78, 5) is 11.6. The Labute approximate surface area is 105 Å². The lowest BCUT2D eigenvalue weighted by molar-refractivity contribution is 0.0532. The molecule has 0 radical (unpaired) electrons. The molecule has 96 valence electrons. The maximum atomic E-state index is 11.6. The molecule has 5 heteroatoms. The number of esters is 1. The first kappa shape index (κ1) is 12.3. The third kappa shape index (κ3) is 1.59. The number of rotatable bonds is 4. The molecule has 0 aliphatic carbocycles. The van der Waals surface area contributed by atoms with Gasteiger partial charge in [-0.15, -0.1) is 6.58 Å². The van der Waals surface area contributed by atoms with Gasteiger partial charge in [0.2, 0.25) is 0 Å². The molecule has 0 saturated heterocycles. The van der Waals surface area contributed by atoms with Crippen molar-refractivity contribution >= 4 is 5.97 Å². The first-order valence-electron chi connectivity index (χ1n) is 5.42. The molecular weight excluding hydrogens is 236 g/mol. The summed E-state index contributed by atoms with van der Waals surface area (Å²) in [6.07, 6.45) is 1.98. The van der Waals surface area contributed by atoms with E-state index in [1.54, 1.807) is 6.08 Å². The Bertz CT molecular complexity index is 519. The number of hydrogen-bond acceptors (Lipinski definition) is 5. The number of carbonyl (C=O) groups excluding carboxylic acids is 1. The van der Waals surface area contributed by atoms with Crippen LogP contribution in [-0.4, -0.2) is 25.3 Å². The normalized spacial score (nSPS) is 12.9. The van der Waals surface area contributed by atoms with E-state index in [0.717, 1.165) is 0 Å². The second kappa shape index (κ2) is 4.60. The zero-order chi connectivity index (χ0) is 13.3. The molecule has 2 rings (SSSR count). The van der Waals surface area contributed by atoms with Crippen molar-refractivity contribution in [3.8, 4) is 17.2 Å². The Kier molecular flexibility index (Phi) is 3.14. The molecule has 0 bridgehead atoms. The Morgan fingerprint density at radius 3 is 2.61 bits per heavy atom. The van der Waals surface area contributed by atoms with Gasteiger partial charge in [0.05, 0.1) is 19.8 Å². The van der Waals surface area contributed by atoms with Gasteiger partial charge in [-0.25, -0.2) is 4.79 Å². The molecule has 0 unspecified atom stereocenters. The van der Waals surface area contributed by atoms with E-state index in [2.05, 4.69) is 6.58 Å². The van der Waals surface area contributed by atoms with Crippen molar-refractivity contribution in [1.29, 1.82) is 0 Å². The van der Waals surface area contributed by atoms with Gasteiger partial charge in [0, 0.05) is 5.56 Å². The van der Waals surface area contributed by atoms with Crippen LogP contribution in [-0.2, 0) is 17.8 Å². The average Bonchev–Trinajstić information content (AvgIpc) is 2.74. The highest BCUT2D eigenvalue weighted by Gasteiger charge is 2.34. The van der Waals surface area contributed by atoms with Crippen molar-refractivity contribution in [3.63, 3.8) is 0 Å². The first-order chi connectivity index (χ1) is 8.65. The summed E-state index contributed by atoms with van der Waals surface area (Å²) in [6, 6.07) is 0. The van der Waals surface area contributed by atoms with E-state index >= 15 is 0 Å². The van der Waals surface area contributed by atoms with Crippen LogP contribution in [0.25, 0.3) is 0 Å². The summed E-state index contributed by atoms with van der Waals surface area (Å²) in [5.41, 5.74) is 1.15. The molecule has 1 aliphatic heterocycles. The number of fused-ring (bicyclic) bond motifs is 1. The minimum absolute atomic E-state index is 0.0790. The topological polar surface area (TPSA) is 65.0 Å². The van der Waals surface area contributed by atoms with Gasteiger partial charge in [-0.05, 0) is 6.42 Å². The van der Waals surface area contributed by atoms with Crippen LogP contribution in [0.5, 0.6) is 17.2 Å². The molecule has 1 N–H and O–H groups in total. The van der Waals surface area contributed by atoms with Crippen molar-refractivity contribution in [2.45, 2.75) is 13.0 Å². The summed E-state index contributed by atoms with van der Waals surface area (Å²) in [7, 11) is 2.96. The van der Waals surface area contributed by atoms with Crippen LogP contribution in [0.2, 0.25) is 0 Å². The van der Waals surface area contributed by atoms with Crippen LogP contribution >= 0.6 is 0 Å². The van der Waals surface area contributed by atoms with Crippen LogP contribution in [0.3, 0.4) is 0 Å². The van der Waals surface area contributed by atoms with Crippen molar-refractivity contribution < 1.29 is 24.1 Å². The quantitative estimate of drug-likeness (QED) is 0.652. The maximum Gasteiger partial charge on any atom is 0.342 e. The van der Waals surface area contributed by atoms with Crippen LogP contribution in [0.4, 0.5) is 0 Å². The van der Waals surface area contributed by atoms with E-state index in [9.17, 15) is 9.90 Å². The minimum atomic E-state index is -0.547. The number of hydrogen-bond donors (Lipinski definition) is 1. The molecule has 0 fully saturated rings. The maximum absolute atomic E-state index is 11.6. The molecule has 1 aromatic carbocycles. The standard InChI is InChI=1S/C13H14O5/c1-4-5-7-10(14)9-8(6-18-13(9)15)12(17-3)11(7)16-2/h4,14H,1,5-6H2,2-3H3. The van der Waals surface area contributed by atoms with Gasteiger partial charge in [-0.3, -0.25) is 0 Å². The van der Waals surface area contributed by atoms with E-state index in [4.69, 9.17) is 14.2 Å². The molecule has 0 aromatic heterocycles. The molecule has 0 saturated carbocycles. The van der Waals surface area contributed by atoms with E-state index in [1.165, 1.54) is 14.2 Å². The molecule has 1 heterocycles. The number of carbonyl (C=O) groups is 1. The summed E-state index contributed by atoms with van der Waals surface area (Å²) in [6.45, 7) is 3.70. The molecule has 1 aliphatic rings. The number of ether oxygens (including phenoxy) is 3. The van der Waals surface area contributed by atoms with Crippen molar-refractivity contribution in [2.75, 3.05) is 14.2 Å². The van der Waals surface area contributed by atoms with E-state index in [0.29, 0.717) is 29.0 Å². The molecule has 0 amide bonds. The van der Waals surface area contributed by atoms with E-state index < -0.39 is 5.97 Å². The number of allylic oxidation sites excluding steroid dienone is 1. The molecule has 0 spiro atoms. The molecule has 1 aromatic rings. The third-order valence-electron chi connectivity index (χ3n) is 2.89. The van der Waals surface area contributed by atoms with Crippen LogP contribution in [0.15, 0.2) is 12.7 Å². The van der Waals surface area contributed by atoms with Gasteiger partial charge in [-0.2, -0.15) is 0 Å². The number of phenolic OH excluding ortho intramolecular Hbond substituents is 1. The highest BCUT2D eigenvalue weighted by Crippen LogP contribution is 2.46. The second-order valence-electron chi connectivity index (χ2n) is 3.82. The molecule has 5 nitrogen and oxygen atoms in total. The monoisotopic (exact) mass is 250 g/mol. The third-order valence-corrected chi connectivity index (χ3v) is 2.89. The largest absolute Gasteiger partial charge is 0.507 e. The van der Waals surface area contributed by atoms with Gasteiger partial charge in [-0.1, -0.05) is 6.08 Å². The fraction of sp³-hybridized carbons (Fsp3) is 0.308. The van der Waals surface area contributed by atoms with Gasteiger partial charge >= 0.3 is 5.97 Å². The van der Waals surface area contributed by atoms with Gasteiger partial charge < -0.3 is 19.3 Å². The average molecular weight is 250 g/mol. The molecule has 18 heavy (non-hydrogen) atoms. The van der Waals surface area contributed by atoms with Crippen LogP contribution < -0.4 is 9.47 Å². The predicted molar refractivity (Wildman–Crippen MR) is 64.2 cm³/mol. The fourth-order valence-corrected chi connectivity index (χ4v) is 2.12. The molecule has 0 atom stereocenters. The highest BCUT2D eigenvalue weighted by molar-refractivity contribution is 5.98. The summed E-state index contributed by atoms with van der Waals surface area (Å²) in [5.74, 6) is 0.166. The van der Waals surface area contributed by atoms with Gasteiger partial charge in [0.25, 0.3) is 0 Å². The SMILES string of the molecule is C=CCc1c(O)c2c(c(OC)c1OC)COC2=O. The summed E-state index contributed by atoms with van der Waals surface area (Å²) < 4.78 is 15.4. The van der Waals surface area contributed by atoms with Crippen molar-refractivity contribution in [1.82, 2.24) is 0 Å². The predicted octanol–water partition coefficient (Wildman–Crippen LogP) is 1.81. The summed E-state index contributed by atoms with van der Waals surface area (Å²) in [5, 5.41) is 10.2. The van der Waals surface area contributed by atoms with Crippen molar-refractivity contribution in [2.24, 2.45) is 0 Å². The Balaban J connectivity index is 2.78. The number of phenols is 1. The zero-order valence-corrected chi connectivity index (χ0v) is 10.3. The van der Waals surface area contributed by atoms with Crippen LogP contribution in [0, 0.1) is 0 Å². The van der Waals surface area contributed by atoms with Gasteiger partial charge in [0.1, 0.15) is 17.9 Å². The number of methoxy groups -OCH3 is 2. The number of aromatic hydroxyl groups is 1. The minimum Gasteiger partial charge on any atom is -0.507 e. The molecular formula is C13H14O5. The second-order valence-corrected chi connectivity index (χ2v) is 3.82. The Morgan fingerprint density at radius 2 is 2.06 bits per heavy atom. The Hall–Kier alpha value is -2.17. The van der Waals surface area contributed by atoms with Gasteiger partial charge in [0.15, 0.2) is 11.5 Å². The first-order valence-corrected chi connectivity index (χ1v) is 5.42. The number of cyclic esters (lactones) is 1. The number of benzene rings is 1. The highest BCUT2D eigenvalue weighted by atomic mass is 16.5. The Morgan fingerprint density at radius 1 is 1.39 bits per heavy atom. The van der Waals surface area contributed by atoms with Crippen molar-refractivity contribution in [3.05, 3.63) is 29.3 Å². The zero-order valence-electron chi connectivity index (χ0n) is 10.3. The smallest absolute Gasteiger partial charge is 0.342 e. The van der Waals surface area contributed by atoms with E-state index in [1.807, 2.05) is 0 Å². The summed E-state index contributed by atoms with van der Waals surface area (Å²) >= 11 is 0.